The minimum Gasteiger partial charge on any atom is -0.462 e. The quantitative estimate of drug-likeness (QED) is 0.411. The van der Waals surface area contributed by atoms with Crippen molar-refractivity contribution in [2.75, 3.05) is 0 Å². The van der Waals surface area contributed by atoms with Crippen molar-refractivity contribution < 1.29 is 19.1 Å². The first-order valence-corrected chi connectivity index (χ1v) is 12.1. The van der Waals surface area contributed by atoms with Crippen LogP contribution in [0.3, 0.4) is 0 Å². The summed E-state index contributed by atoms with van der Waals surface area (Å²) in [5.74, 6) is 2.81. The number of ether oxygens (including phenoxy) is 2. The molecule has 3 aliphatic carbocycles. The summed E-state index contributed by atoms with van der Waals surface area (Å²) >= 11 is 3.67. The summed E-state index contributed by atoms with van der Waals surface area (Å²) in [5.41, 5.74) is 0. The van der Waals surface area contributed by atoms with Crippen molar-refractivity contribution in [1.29, 1.82) is 0 Å². The van der Waals surface area contributed by atoms with Crippen molar-refractivity contribution in [2.45, 2.75) is 109 Å². The van der Waals surface area contributed by atoms with E-state index in [-0.39, 0.29) is 24.1 Å². The molecular weight excluding hydrogens is 372 g/mol. The third-order valence-corrected chi connectivity index (χ3v) is 7.64. The molecule has 5 heteroatoms. The third kappa shape index (κ3) is 6.40. The maximum absolute atomic E-state index is 12.6. The SMILES string of the molecule is CCCC1CCC(C2CCC(C(=O)OC3CCC(OC(=O)S)CC3)CC2)CC1. The molecule has 0 aromatic rings. The molecule has 0 radical (unpaired) electrons. The summed E-state index contributed by atoms with van der Waals surface area (Å²) in [4.78, 5) is 23.5. The molecule has 4 nitrogen and oxygen atoms in total. The first kappa shape index (κ1) is 22.0. The number of hydrogen-bond donors (Lipinski definition) is 1. The van der Waals surface area contributed by atoms with Gasteiger partial charge in [-0.05, 0) is 82.0 Å². The van der Waals surface area contributed by atoms with Crippen molar-refractivity contribution in [3.05, 3.63) is 0 Å². The highest BCUT2D eigenvalue weighted by Crippen LogP contribution is 2.42. The van der Waals surface area contributed by atoms with E-state index in [1.54, 1.807) is 0 Å². The molecule has 28 heavy (non-hydrogen) atoms. The van der Waals surface area contributed by atoms with Gasteiger partial charge in [0.1, 0.15) is 12.2 Å². The highest BCUT2D eigenvalue weighted by atomic mass is 32.1. The van der Waals surface area contributed by atoms with E-state index in [9.17, 15) is 9.59 Å². The van der Waals surface area contributed by atoms with Crippen molar-refractivity contribution in [3.8, 4) is 0 Å². The fraction of sp³-hybridized carbons (Fsp3) is 0.913. The lowest BCUT2D eigenvalue weighted by atomic mass is 9.69. The van der Waals surface area contributed by atoms with Crippen molar-refractivity contribution in [3.63, 3.8) is 0 Å². The Kier molecular flexibility index (Phi) is 8.55. The van der Waals surface area contributed by atoms with Gasteiger partial charge in [0, 0.05) is 0 Å². The molecule has 3 aliphatic rings. The Balaban J connectivity index is 1.34. The largest absolute Gasteiger partial charge is 0.462 e. The van der Waals surface area contributed by atoms with E-state index in [0.717, 1.165) is 56.3 Å². The van der Waals surface area contributed by atoms with Crippen LogP contribution in [0.4, 0.5) is 4.79 Å². The second-order valence-corrected chi connectivity index (χ2v) is 9.77. The fourth-order valence-corrected chi connectivity index (χ4v) is 6.00. The standard InChI is InChI=1S/C23H38O4S/c1-2-3-16-4-6-17(7-5-16)18-8-10-19(11-9-18)22(24)26-20-12-14-21(15-13-20)27-23(25)28/h16-21H,2-15H2,1H3,(H,25,28). The van der Waals surface area contributed by atoms with Crippen LogP contribution in [0, 0.1) is 23.7 Å². The molecule has 0 aromatic heterocycles. The molecule has 160 valence electrons. The average molecular weight is 411 g/mol. The first-order valence-electron chi connectivity index (χ1n) is 11.6. The normalized spacial score (nSPS) is 36.5. The molecule has 3 saturated carbocycles. The van der Waals surface area contributed by atoms with E-state index in [0.29, 0.717) is 0 Å². The van der Waals surface area contributed by atoms with Gasteiger partial charge in [0.05, 0.1) is 5.92 Å². The molecule has 0 bridgehead atoms. The zero-order valence-corrected chi connectivity index (χ0v) is 18.3. The molecular formula is C23H38O4S. The predicted octanol–water partition coefficient (Wildman–Crippen LogP) is 6.32. The Morgan fingerprint density at radius 1 is 0.750 bits per heavy atom. The molecule has 0 saturated heterocycles. The van der Waals surface area contributed by atoms with Crippen LogP contribution in [0.1, 0.15) is 96.8 Å². The van der Waals surface area contributed by atoms with E-state index >= 15 is 0 Å². The fourth-order valence-electron chi connectivity index (χ4n) is 5.85. The Morgan fingerprint density at radius 3 is 1.75 bits per heavy atom. The summed E-state index contributed by atoms with van der Waals surface area (Å²) in [6, 6.07) is 0. The summed E-state index contributed by atoms with van der Waals surface area (Å²) in [5, 5.41) is -0.518. The molecule has 3 rings (SSSR count). The second kappa shape index (κ2) is 10.9. The topological polar surface area (TPSA) is 52.6 Å². The van der Waals surface area contributed by atoms with Crippen LogP contribution < -0.4 is 0 Å². The molecule has 0 aliphatic heterocycles. The van der Waals surface area contributed by atoms with Gasteiger partial charge in [-0.2, -0.15) is 0 Å². The minimum atomic E-state index is -0.518. The lowest BCUT2D eigenvalue weighted by Gasteiger charge is -2.37. The molecule has 3 fully saturated rings. The zero-order chi connectivity index (χ0) is 19.9. The molecule has 0 spiro atoms. The molecule has 0 N–H and O–H groups in total. The maximum atomic E-state index is 12.6. The number of thiol groups is 1. The third-order valence-electron chi connectivity index (χ3n) is 7.53. The summed E-state index contributed by atoms with van der Waals surface area (Å²) < 4.78 is 10.9. The van der Waals surface area contributed by atoms with Gasteiger partial charge in [-0.1, -0.05) is 45.2 Å². The van der Waals surface area contributed by atoms with Gasteiger partial charge in [-0.15, -0.1) is 0 Å². The number of hydrogen-bond acceptors (Lipinski definition) is 4. The van der Waals surface area contributed by atoms with Crippen LogP contribution in [0.2, 0.25) is 0 Å². The van der Waals surface area contributed by atoms with E-state index in [4.69, 9.17) is 9.47 Å². The highest BCUT2D eigenvalue weighted by molar-refractivity contribution is 7.96. The molecule has 0 atom stereocenters. The van der Waals surface area contributed by atoms with Crippen LogP contribution >= 0.6 is 12.6 Å². The average Bonchev–Trinajstić information content (AvgIpc) is 2.70. The van der Waals surface area contributed by atoms with Gasteiger partial charge < -0.3 is 9.47 Å². The van der Waals surface area contributed by atoms with Crippen LogP contribution in [0.25, 0.3) is 0 Å². The Morgan fingerprint density at radius 2 is 1.25 bits per heavy atom. The molecule has 0 unspecified atom stereocenters. The van der Waals surface area contributed by atoms with E-state index < -0.39 is 5.30 Å². The number of carbonyl (C=O) groups is 2. The van der Waals surface area contributed by atoms with Crippen LogP contribution in [-0.4, -0.2) is 23.5 Å². The Labute approximate surface area is 175 Å². The second-order valence-electron chi connectivity index (χ2n) is 9.40. The van der Waals surface area contributed by atoms with E-state index in [2.05, 4.69) is 19.6 Å². The Bertz CT molecular complexity index is 499. The minimum absolute atomic E-state index is 0.00561. The lowest BCUT2D eigenvalue weighted by Crippen LogP contribution is -2.33. The van der Waals surface area contributed by atoms with E-state index in [1.807, 2.05) is 0 Å². The van der Waals surface area contributed by atoms with Crippen molar-refractivity contribution in [1.82, 2.24) is 0 Å². The summed E-state index contributed by atoms with van der Waals surface area (Å²) in [6.45, 7) is 2.30. The smallest absolute Gasteiger partial charge is 0.364 e. The van der Waals surface area contributed by atoms with Crippen molar-refractivity contribution >= 4 is 23.9 Å². The van der Waals surface area contributed by atoms with Crippen LogP contribution in [0.5, 0.6) is 0 Å². The highest BCUT2D eigenvalue weighted by Gasteiger charge is 2.34. The van der Waals surface area contributed by atoms with Gasteiger partial charge in [0.2, 0.25) is 0 Å². The predicted molar refractivity (Wildman–Crippen MR) is 113 cm³/mol. The van der Waals surface area contributed by atoms with E-state index in [1.165, 1.54) is 51.4 Å². The van der Waals surface area contributed by atoms with Gasteiger partial charge in [-0.25, -0.2) is 4.79 Å². The van der Waals surface area contributed by atoms with Gasteiger partial charge in [-0.3, -0.25) is 4.79 Å². The van der Waals surface area contributed by atoms with Gasteiger partial charge >= 0.3 is 11.3 Å². The van der Waals surface area contributed by atoms with Crippen LogP contribution in [-0.2, 0) is 14.3 Å². The van der Waals surface area contributed by atoms with Crippen molar-refractivity contribution in [2.24, 2.45) is 23.7 Å². The molecule has 0 amide bonds. The Hall–Kier alpha value is -0.710. The molecule has 0 aromatic carbocycles. The zero-order valence-electron chi connectivity index (χ0n) is 17.4. The maximum Gasteiger partial charge on any atom is 0.364 e. The van der Waals surface area contributed by atoms with Gasteiger partial charge in [0.25, 0.3) is 0 Å². The summed E-state index contributed by atoms with van der Waals surface area (Å²) in [6.07, 6.45) is 15.8. The monoisotopic (exact) mass is 410 g/mol. The molecule has 0 heterocycles. The number of esters is 1. The number of carbonyl (C=O) groups excluding carboxylic acids is 2. The lowest BCUT2D eigenvalue weighted by molar-refractivity contribution is -0.158. The number of rotatable bonds is 6. The first-order chi connectivity index (χ1) is 13.5. The summed E-state index contributed by atoms with van der Waals surface area (Å²) in [7, 11) is 0. The van der Waals surface area contributed by atoms with Gasteiger partial charge in [0.15, 0.2) is 0 Å². The van der Waals surface area contributed by atoms with Crippen LogP contribution in [0.15, 0.2) is 0 Å².